The number of imide groups is 1. The molecule has 188 valence electrons. The SMILES string of the molecule is COc1cc(/C=C2/C(=O)N(CCCOC(C)C)C(=O)C(C#N)=C2C)ccc1OCc1ccccc1F. The lowest BCUT2D eigenvalue weighted by atomic mass is 9.93. The van der Waals surface area contributed by atoms with Gasteiger partial charge < -0.3 is 14.2 Å². The normalized spacial score (nSPS) is 15.0. The van der Waals surface area contributed by atoms with Gasteiger partial charge in [0.1, 0.15) is 24.1 Å². The van der Waals surface area contributed by atoms with Gasteiger partial charge in [0, 0.05) is 24.3 Å². The minimum atomic E-state index is -0.601. The molecule has 1 aliphatic heterocycles. The first-order chi connectivity index (χ1) is 17.3. The number of nitriles is 1. The zero-order valence-electron chi connectivity index (χ0n) is 20.8. The van der Waals surface area contributed by atoms with Crippen molar-refractivity contribution in [2.75, 3.05) is 20.3 Å². The van der Waals surface area contributed by atoms with Crippen molar-refractivity contribution in [3.63, 3.8) is 0 Å². The molecule has 0 spiro atoms. The third-order valence-corrected chi connectivity index (χ3v) is 5.64. The summed E-state index contributed by atoms with van der Waals surface area (Å²) >= 11 is 0. The Bertz CT molecular complexity index is 1240. The van der Waals surface area contributed by atoms with Gasteiger partial charge in [-0.1, -0.05) is 24.3 Å². The number of halogens is 1. The summed E-state index contributed by atoms with van der Waals surface area (Å²) < 4.78 is 30.6. The van der Waals surface area contributed by atoms with Gasteiger partial charge in [0.2, 0.25) is 0 Å². The van der Waals surface area contributed by atoms with E-state index in [1.54, 1.807) is 49.4 Å². The second-order valence-corrected chi connectivity index (χ2v) is 8.50. The molecule has 0 fully saturated rings. The zero-order chi connectivity index (χ0) is 26.2. The van der Waals surface area contributed by atoms with Gasteiger partial charge in [0.25, 0.3) is 11.8 Å². The number of amides is 2. The van der Waals surface area contributed by atoms with Crippen LogP contribution in [0.1, 0.15) is 38.3 Å². The Labute approximate surface area is 210 Å². The molecule has 1 aliphatic rings. The summed E-state index contributed by atoms with van der Waals surface area (Å²) in [6.45, 7) is 5.95. The standard InChI is InChI=1S/C28H29FN2O5/c1-18(2)35-13-7-12-31-27(32)22(19(3)23(16-30)28(31)33)14-20-10-11-25(26(15-20)34-4)36-17-21-8-5-6-9-24(21)29/h5-6,8-11,14-15,18H,7,12-13,17H2,1-4H3/b22-14+. The van der Waals surface area contributed by atoms with Crippen molar-refractivity contribution in [1.82, 2.24) is 4.90 Å². The van der Waals surface area contributed by atoms with Crippen LogP contribution in [-0.4, -0.2) is 43.1 Å². The number of methoxy groups -OCH3 is 1. The van der Waals surface area contributed by atoms with Gasteiger partial charge in [-0.25, -0.2) is 4.39 Å². The summed E-state index contributed by atoms with van der Waals surface area (Å²) in [4.78, 5) is 27.1. The van der Waals surface area contributed by atoms with Crippen molar-refractivity contribution >= 4 is 17.9 Å². The number of nitrogens with zero attached hydrogens (tertiary/aromatic N) is 2. The highest BCUT2D eigenvalue weighted by atomic mass is 19.1. The average molecular weight is 493 g/mol. The van der Waals surface area contributed by atoms with Crippen LogP contribution in [0.4, 0.5) is 4.39 Å². The van der Waals surface area contributed by atoms with Crippen LogP contribution in [0.2, 0.25) is 0 Å². The Morgan fingerprint density at radius 1 is 1.11 bits per heavy atom. The van der Waals surface area contributed by atoms with Gasteiger partial charge in [0.05, 0.1) is 13.2 Å². The van der Waals surface area contributed by atoms with Crippen LogP contribution in [0.5, 0.6) is 11.5 Å². The largest absolute Gasteiger partial charge is 0.493 e. The summed E-state index contributed by atoms with van der Waals surface area (Å²) in [5.74, 6) is -0.634. The van der Waals surface area contributed by atoms with Crippen LogP contribution < -0.4 is 9.47 Å². The van der Waals surface area contributed by atoms with Gasteiger partial charge in [-0.15, -0.1) is 0 Å². The quantitative estimate of drug-likeness (QED) is 0.268. The monoisotopic (exact) mass is 492 g/mol. The summed E-state index contributed by atoms with van der Waals surface area (Å²) in [6, 6.07) is 13.3. The average Bonchev–Trinajstić information content (AvgIpc) is 2.86. The van der Waals surface area contributed by atoms with Crippen molar-refractivity contribution in [3.8, 4) is 17.6 Å². The van der Waals surface area contributed by atoms with Gasteiger partial charge in [-0.3, -0.25) is 14.5 Å². The molecule has 0 aromatic heterocycles. The maximum atomic E-state index is 13.9. The van der Waals surface area contributed by atoms with E-state index in [1.165, 1.54) is 13.2 Å². The molecule has 0 N–H and O–H groups in total. The minimum Gasteiger partial charge on any atom is -0.493 e. The molecule has 0 radical (unpaired) electrons. The Hall–Kier alpha value is -3.96. The number of hydrogen-bond acceptors (Lipinski definition) is 6. The Morgan fingerprint density at radius 2 is 1.86 bits per heavy atom. The second kappa shape index (κ2) is 12.1. The van der Waals surface area contributed by atoms with Crippen molar-refractivity contribution in [3.05, 3.63) is 76.1 Å². The number of benzene rings is 2. The number of ether oxygens (including phenoxy) is 3. The number of carbonyl (C=O) groups excluding carboxylic acids is 2. The zero-order valence-corrected chi connectivity index (χ0v) is 20.8. The predicted molar refractivity (Wildman–Crippen MR) is 132 cm³/mol. The van der Waals surface area contributed by atoms with Crippen molar-refractivity contribution in [1.29, 1.82) is 5.26 Å². The van der Waals surface area contributed by atoms with E-state index in [9.17, 15) is 19.2 Å². The lowest BCUT2D eigenvalue weighted by molar-refractivity contribution is -0.140. The molecule has 0 saturated heterocycles. The molecular weight excluding hydrogens is 463 g/mol. The number of hydrogen-bond donors (Lipinski definition) is 0. The maximum Gasteiger partial charge on any atom is 0.271 e. The summed E-state index contributed by atoms with van der Waals surface area (Å²) in [7, 11) is 1.48. The molecule has 2 aromatic rings. The smallest absolute Gasteiger partial charge is 0.271 e. The van der Waals surface area contributed by atoms with E-state index in [0.717, 1.165) is 4.90 Å². The molecule has 2 aromatic carbocycles. The molecule has 0 atom stereocenters. The van der Waals surface area contributed by atoms with E-state index in [4.69, 9.17) is 14.2 Å². The molecule has 0 aliphatic carbocycles. The molecule has 8 heteroatoms. The fourth-order valence-electron chi connectivity index (χ4n) is 3.71. The third kappa shape index (κ3) is 6.18. The maximum absolute atomic E-state index is 13.9. The van der Waals surface area contributed by atoms with Crippen LogP contribution >= 0.6 is 0 Å². The van der Waals surface area contributed by atoms with Crippen LogP contribution in [0, 0.1) is 17.1 Å². The van der Waals surface area contributed by atoms with Crippen LogP contribution in [0.25, 0.3) is 6.08 Å². The fraction of sp³-hybridized carbons (Fsp3) is 0.321. The van der Waals surface area contributed by atoms with E-state index >= 15 is 0 Å². The second-order valence-electron chi connectivity index (χ2n) is 8.50. The van der Waals surface area contributed by atoms with Gasteiger partial charge in [-0.2, -0.15) is 5.26 Å². The molecule has 2 amide bonds. The Morgan fingerprint density at radius 3 is 2.53 bits per heavy atom. The highest BCUT2D eigenvalue weighted by Crippen LogP contribution is 2.32. The topological polar surface area (TPSA) is 88.9 Å². The van der Waals surface area contributed by atoms with E-state index in [-0.39, 0.29) is 36.2 Å². The van der Waals surface area contributed by atoms with Crippen LogP contribution in [0.15, 0.2) is 59.2 Å². The number of rotatable bonds is 10. The van der Waals surface area contributed by atoms with Gasteiger partial charge in [-0.05, 0) is 62.6 Å². The number of carbonyl (C=O) groups is 2. The first-order valence-electron chi connectivity index (χ1n) is 11.6. The summed E-state index contributed by atoms with van der Waals surface area (Å²) in [5, 5.41) is 9.57. The van der Waals surface area contributed by atoms with E-state index in [1.807, 2.05) is 19.9 Å². The highest BCUT2D eigenvalue weighted by Gasteiger charge is 2.35. The molecular formula is C28H29FN2O5. The van der Waals surface area contributed by atoms with Crippen molar-refractivity contribution in [2.24, 2.45) is 0 Å². The fourth-order valence-corrected chi connectivity index (χ4v) is 3.71. The minimum absolute atomic E-state index is 0.0208. The van der Waals surface area contributed by atoms with E-state index < -0.39 is 11.8 Å². The summed E-state index contributed by atoms with van der Waals surface area (Å²) in [6.07, 6.45) is 2.11. The van der Waals surface area contributed by atoms with Crippen LogP contribution in [0.3, 0.4) is 0 Å². The van der Waals surface area contributed by atoms with E-state index in [2.05, 4.69) is 0 Å². The van der Waals surface area contributed by atoms with E-state index in [0.29, 0.717) is 41.2 Å². The molecule has 1 heterocycles. The first kappa shape index (κ1) is 26.6. The molecule has 0 bridgehead atoms. The first-order valence-corrected chi connectivity index (χ1v) is 11.6. The summed E-state index contributed by atoms with van der Waals surface area (Å²) in [5.41, 5.74) is 1.52. The lowest BCUT2D eigenvalue weighted by Gasteiger charge is -2.27. The molecule has 7 nitrogen and oxygen atoms in total. The Kier molecular flexibility index (Phi) is 8.98. The molecule has 36 heavy (non-hydrogen) atoms. The van der Waals surface area contributed by atoms with Gasteiger partial charge in [0.15, 0.2) is 11.5 Å². The highest BCUT2D eigenvalue weighted by molar-refractivity contribution is 6.19. The molecule has 3 rings (SSSR count). The molecule has 0 unspecified atom stereocenters. The predicted octanol–water partition coefficient (Wildman–Crippen LogP) is 4.82. The molecule has 0 saturated carbocycles. The van der Waals surface area contributed by atoms with Crippen molar-refractivity contribution < 1.29 is 28.2 Å². The third-order valence-electron chi connectivity index (χ3n) is 5.64. The lowest BCUT2D eigenvalue weighted by Crippen LogP contribution is -2.43. The van der Waals surface area contributed by atoms with Crippen LogP contribution in [-0.2, 0) is 20.9 Å². The Balaban J connectivity index is 1.85. The van der Waals surface area contributed by atoms with Gasteiger partial charge >= 0.3 is 0 Å². The van der Waals surface area contributed by atoms with Crippen molar-refractivity contribution in [2.45, 2.75) is 39.9 Å².